The van der Waals surface area contributed by atoms with Crippen LogP contribution in [0.25, 0.3) is 0 Å². The molecule has 3 heteroatoms. The van der Waals surface area contributed by atoms with Crippen molar-refractivity contribution >= 4 is 0 Å². The van der Waals surface area contributed by atoms with E-state index in [0.29, 0.717) is 5.69 Å². The molecule has 0 aliphatic rings. The number of hydrogen-bond acceptors (Lipinski definition) is 3. The molecule has 1 aromatic heterocycles. The van der Waals surface area contributed by atoms with Crippen LogP contribution in [0.2, 0.25) is 0 Å². The number of aliphatic hydroxyl groups is 1. The highest BCUT2D eigenvalue weighted by molar-refractivity contribution is 5.07. The Morgan fingerprint density at radius 2 is 2.09 bits per heavy atom. The zero-order valence-electron chi connectivity index (χ0n) is 6.62. The number of aliphatic hydroxyl groups excluding tert-OH is 1. The lowest BCUT2D eigenvalue weighted by Crippen LogP contribution is -1.95. The maximum atomic E-state index is 8.74. The predicted octanol–water partition coefficient (Wildman–Crippen LogP) is 0.921. The van der Waals surface area contributed by atoms with Gasteiger partial charge in [-0.3, -0.25) is 0 Å². The molecule has 11 heavy (non-hydrogen) atoms. The number of rotatable bonds is 3. The van der Waals surface area contributed by atoms with E-state index in [2.05, 4.69) is 16.9 Å². The van der Waals surface area contributed by atoms with Crippen molar-refractivity contribution in [2.75, 3.05) is 0 Å². The summed E-state index contributed by atoms with van der Waals surface area (Å²) in [6.45, 7) is 2.10. The smallest absolute Gasteiger partial charge is 0.116 e. The van der Waals surface area contributed by atoms with Crippen LogP contribution in [-0.4, -0.2) is 15.1 Å². The van der Waals surface area contributed by atoms with Crippen LogP contribution in [0.15, 0.2) is 12.4 Å². The second-order valence-corrected chi connectivity index (χ2v) is 2.41. The third kappa shape index (κ3) is 2.27. The van der Waals surface area contributed by atoms with Crippen LogP contribution in [0.1, 0.15) is 24.7 Å². The van der Waals surface area contributed by atoms with E-state index in [-0.39, 0.29) is 6.61 Å². The van der Waals surface area contributed by atoms with Crippen molar-refractivity contribution in [1.82, 2.24) is 9.97 Å². The maximum Gasteiger partial charge on any atom is 0.116 e. The van der Waals surface area contributed by atoms with E-state index in [1.54, 1.807) is 0 Å². The molecule has 1 aromatic rings. The molecule has 0 aromatic carbocycles. The van der Waals surface area contributed by atoms with Crippen LogP contribution in [0.5, 0.6) is 0 Å². The minimum absolute atomic E-state index is 0.000760. The fourth-order valence-electron chi connectivity index (χ4n) is 0.923. The average molecular weight is 152 g/mol. The van der Waals surface area contributed by atoms with Gasteiger partial charge >= 0.3 is 0 Å². The van der Waals surface area contributed by atoms with Gasteiger partial charge in [0.2, 0.25) is 0 Å². The van der Waals surface area contributed by atoms with Gasteiger partial charge in [-0.15, -0.1) is 0 Å². The van der Waals surface area contributed by atoms with E-state index in [1.807, 2.05) is 6.07 Å². The lowest BCUT2D eigenvalue weighted by Gasteiger charge is -1.98. The fourth-order valence-corrected chi connectivity index (χ4v) is 0.923. The molecule has 3 nitrogen and oxygen atoms in total. The number of aryl methyl sites for hydroxylation is 1. The normalized spacial score (nSPS) is 10.0. The summed E-state index contributed by atoms with van der Waals surface area (Å²) < 4.78 is 0. The molecule has 0 spiro atoms. The zero-order chi connectivity index (χ0) is 8.10. The Morgan fingerprint density at radius 1 is 1.36 bits per heavy atom. The summed E-state index contributed by atoms with van der Waals surface area (Å²) in [4.78, 5) is 7.93. The summed E-state index contributed by atoms with van der Waals surface area (Å²) >= 11 is 0. The van der Waals surface area contributed by atoms with Crippen molar-refractivity contribution in [3.63, 3.8) is 0 Å². The highest BCUT2D eigenvalue weighted by atomic mass is 16.3. The summed E-state index contributed by atoms with van der Waals surface area (Å²) in [6, 6.07) is 1.84. The van der Waals surface area contributed by atoms with E-state index in [4.69, 9.17) is 5.11 Å². The van der Waals surface area contributed by atoms with Gasteiger partial charge in [0.05, 0.1) is 12.3 Å². The lowest BCUT2D eigenvalue weighted by atomic mass is 10.2. The molecule has 0 saturated carbocycles. The van der Waals surface area contributed by atoms with Crippen molar-refractivity contribution in [2.45, 2.75) is 26.4 Å². The molecule has 1 N–H and O–H groups in total. The lowest BCUT2D eigenvalue weighted by molar-refractivity contribution is 0.276. The minimum atomic E-state index is -0.000760. The summed E-state index contributed by atoms with van der Waals surface area (Å²) in [6.07, 6.45) is 3.52. The first-order valence-electron chi connectivity index (χ1n) is 3.77. The summed E-state index contributed by atoms with van der Waals surface area (Å²) in [5.41, 5.74) is 1.70. The Hall–Kier alpha value is -0.960. The minimum Gasteiger partial charge on any atom is -0.390 e. The maximum absolute atomic E-state index is 8.74. The van der Waals surface area contributed by atoms with Crippen molar-refractivity contribution in [1.29, 1.82) is 0 Å². The third-order valence-corrected chi connectivity index (χ3v) is 1.45. The number of nitrogens with zero attached hydrogens (tertiary/aromatic N) is 2. The van der Waals surface area contributed by atoms with Gasteiger partial charge in [0, 0.05) is 5.69 Å². The Balaban J connectivity index is 2.74. The topological polar surface area (TPSA) is 46.0 Å². The van der Waals surface area contributed by atoms with Crippen molar-refractivity contribution < 1.29 is 5.11 Å². The monoisotopic (exact) mass is 152 g/mol. The molecule has 0 aliphatic heterocycles. The molecular weight excluding hydrogens is 140 g/mol. The quantitative estimate of drug-likeness (QED) is 0.700. The van der Waals surface area contributed by atoms with Crippen LogP contribution in [0.3, 0.4) is 0 Å². The predicted molar refractivity (Wildman–Crippen MR) is 41.9 cm³/mol. The standard InChI is InChI=1S/C8H12N2O/c1-2-3-7-4-8(5-11)10-6-9-7/h4,6,11H,2-3,5H2,1H3. The second kappa shape index (κ2) is 4.03. The first-order chi connectivity index (χ1) is 5.36. The second-order valence-electron chi connectivity index (χ2n) is 2.41. The summed E-state index contributed by atoms with van der Waals surface area (Å²) in [5.74, 6) is 0. The van der Waals surface area contributed by atoms with Gasteiger partial charge in [-0.2, -0.15) is 0 Å². The summed E-state index contributed by atoms with van der Waals surface area (Å²) in [5, 5.41) is 8.74. The highest BCUT2D eigenvalue weighted by Crippen LogP contribution is 2.00. The molecule has 0 atom stereocenters. The van der Waals surface area contributed by atoms with E-state index in [9.17, 15) is 0 Å². The molecular formula is C8H12N2O. The van der Waals surface area contributed by atoms with Gasteiger partial charge in [0.1, 0.15) is 6.33 Å². The van der Waals surface area contributed by atoms with E-state index in [0.717, 1.165) is 18.5 Å². The first-order valence-corrected chi connectivity index (χ1v) is 3.77. The third-order valence-electron chi connectivity index (χ3n) is 1.45. The molecule has 0 fully saturated rings. The molecule has 0 unspecified atom stereocenters. The van der Waals surface area contributed by atoms with E-state index < -0.39 is 0 Å². The van der Waals surface area contributed by atoms with Gasteiger partial charge in [0.25, 0.3) is 0 Å². The molecule has 0 radical (unpaired) electrons. The molecule has 0 bridgehead atoms. The molecule has 0 saturated heterocycles. The first kappa shape index (κ1) is 8.14. The fraction of sp³-hybridized carbons (Fsp3) is 0.500. The van der Waals surface area contributed by atoms with Gasteiger partial charge < -0.3 is 5.11 Å². The Labute approximate surface area is 66.1 Å². The van der Waals surface area contributed by atoms with Crippen LogP contribution in [-0.2, 0) is 13.0 Å². The van der Waals surface area contributed by atoms with Crippen molar-refractivity contribution in [3.8, 4) is 0 Å². The largest absolute Gasteiger partial charge is 0.390 e. The number of aromatic nitrogens is 2. The van der Waals surface area contributed by atoms with Crippen LogP contribution < -0.4 is 0 Å². The van der Waals surface area contributed by atoms with Gasteiger partial charge in [0.15, 0.2) is 0 Å². The average Bonchev–Trinajstić information content (AvgIpc) is 2.06. The van der Waals surface area contributed by atoms with Crippen LogP contribution in [0.4, 0.5) is 0 Å². The van der Waals surface area contributed by atoms with Crippen molar-refractivity contribution in [3.05, 3.63) is 23.8 Å². The molecule has 60 valence electrons. The Bertz CT molecular complexity index is 225. The highest BCUT2D eigenvalue weighted by Gasteiger charge is 1.95. The SMILES string of the molecule is CCCc1cc(CO)ncn1. The van der Waals surface area contributed by atoms with Crippen molar-refractivity contribution in [2.24, 2.45) is 0 Å². The Kier molecular flexibility index (Phi) is 2.98. The van der Waals surface area contributed by atoms with Gasteiger partial charge in [-0.25, -0.2) is 9.97 Å². The van der Waals surface area contributed by atoms with Crippen LogP contribution >= 0.6 is 0 Å². The zero-order valence-corrected chi connectivity index (χ0v) is 6.62. The molecule has 0 aliphatic carbocycles. The molecule has 0 amide bonds. The Morgan fingerprint density at radius 3 is 2.73 bits per heavy atom. The number of hydrogen-bond donors (Lipinski definition) is 1. The molecule has 1 rings (SSSR count). The summed E-state index contributed by atoms with van der Waals surface area (Å²) in [7, 11) is 0. The van der Waals surface area contributed by atoms with Crippen LogP contribution in [0, 0.1) is 0 Å². The van der Waals surface area contributed by atoms with E-state index >= 15 is 0 Å². The van der Waals surface area contributed by atoms with E-state index in [1.165, 1.54) is 6.33 Å². The van der Waals surface area contributed by atoms with Gasteiger partial charge in [-0.05, 0) is 12.5 Å². The van der Waals surface area contributed by atoms with Gasteiger partial charge in [-0.1, -0.05) is 13.3 Å². The molecule has 1 heterocycles.